The molecular weight excluding hydrogens is 308 g/mol. The summed E-state index contributed by atoms with van der Waals surface area (Å²) in [7, 11) is 0. The fourth-order valence-corrected chi connectivity index (χ4v) is 2.38. The first kappa shape index (κ1) is 15.9. The average Bonchev–Trinajstić information content (AvgIpc) is 2.84. The van der Waals surface area contributed by atoms with Crippen LogP contribution in [0.25, 0.3) is 11.3 Å². The van der Waals surface area contributed by atoms with E-state index in [1.54, 1.807) is 18.3 Å². The molecule has 0 aliphatic carbocycles. The number of hydrogen-bond acceptors (Lipinski definition) is 4. The molecule has 0 fully saturated rings. The summed E-state index contributed by atoms with van der Waals surface area (Å²) in [5.41, 5.74) is 0.667. The van der Waals surface area contributed by atoms with Gasteiger partial charge in [0.1, 0.15) is 0 Å². The molecule has 112 valence electrons. The van der Waals surface area contributed by atoms with Crippen LogP contribution in [0.15, 0.2) is 40.1 Å². The maximum Gasteiger partial charge on any atom is 0.256 e. The Hall–Kier alpha value is -1.46. The Morgan fingerprint density at radius 1 is 1.33 bits per heavy atom. The van der Waals surface area contributed by atoms with E-state index in [2.05, 4.69) is 10.3 Å². The lowest BCUT2D eigenvalue weighted by molar-refractivity contribution is -0.119. The number of nitrogens with one attached hydrogen (secondary N) is 1. The molecule has 21 heavy (non-hydrogen) atoms. The zero-order valence-electron chi connectivity index (χ0n) is 12.1. The molecule has 2 rings (SSSR count). The van der Waals surface area contributed by atoms with Gasteiger partial charge in [0.15, 0.2) is 5.76 Å². The second-order valence-corrected chi connectivity index (χ2v) is 6.95. The minimum atomic E-state index is -0.233. The van der Waals surface area contributed by atoms with Crippen molar-refractivity contribution in [2.45, 2.75) is 31.5 Å². The topological polar surface area (TPSA) is 55.1 Å². The number of thioether (sulfide) groups is 1. The predicted octanol–water partition coefficient (Wildman–Crippen LogP) is 4.00. The molecular formula is C15H17ClN2O2S. The quantitative estimate of drug-likeness (QED) is 0.864. The van der Waals surface area contributed by atoms with Gasteiger partial charge in [-0.15, -0.1) is 0 Å². The van der Waals surface area contributed by atoms with Gasteiger partial charge in [-0.2, -0.15) is 0 Å². The van der Waals surface area contributed by atoms with Crippen molar-refractivity contribution in [3.63, 3.8) is 0 Å². The van der Waals surface area contributed by atoms with Gasteiger partial charge < -0.3 is 9.73 Å². The fourth-order valence-electron chi connectivity index (χ4n) is 1.65. The van der Waals surface area contributed by atoms with Crippen LogP contribution in [0.5, 0.6) is 0 Å². The van der Waals surface area contributed by atoms with Gasteiger partial charge in [-0.25, -0.2) is 4.98 Å². The summed E-state index contributed by atoms with van der Waals surface area (Å²) < 4.78 is 5.62. The molecule has 0 saturated carbocycles. The number of oxazole rings is 1. The van der Waals surface area contributed by atoms with Crippen molar-refractivity contribution in [1.29, 1.82) is 0 Å². The zero-order chi connectivity index (χ0) is 15.5. The molecule has 2 aromatic rings. The third kappa shape index (κ3) is 5.10. The molecule has 0 saturated heterocycles. The van der Waals surface area contributed by atoms with Crippen molar-refractivity contribution in [2.75, 3.05) is 5.75 Å². The first-order chi connectivity index (χ1) is 9.83. The Bertz CT molecular complexity index is 617. The highest BCUT2D eigenvalue weighted by Crippen LogP contribution is 2.26. The van der Waals surface area contributed by atoms with Crippen molar-refractivity contribution in [1.82, 2.24) is 10.3 Å². The second-order valence-electron chi connectivity index (χ2n) is 5.58. The molecule has 1 aromatic carbocycles. The van der Waals surface area contributed by atoms with Gasteiger partial charge in [0, 0.05) is 16.1 Å². The minimum Gasteiger partial charge on any atom is -0.431 e. The van der Waals surface area contributed by atoms with Crippen molar-refractivity contribution in [3.8, 4) is 11.3 Å². The lowest BCUT2D eigenvalue weighted by atomic mass is 10.1. The second kappa shape index (κ2) is 6.54. The lowest BCUT2D eigenvalue weighted by Crippen LogP contribution is -2.41. The largest absolute Gasteiger partial charge is 0.431 e. The molecule has 1 N–H and O–H groups in total. The van der Waals surface area contributed by atoms with E-state index in [1.807, 2.05) is 32.9 Å². The highest BCUT2D eigenvalue weighted by molar-refractivity contribution is 7.99. The number of rotatable bonds is 4. The summed E-state index contributed by atoms with van der Waals surface area (Å²) in [5, 5.41) is 4.04. The number of aromatic nitrogens is 1. The minimum absolute atomic E-state index is 0.0428. The first-order valence-electron chi connectivity index (χ1n) is 6.49. The SMILES string of the molecule is CC(C)(C)NC(=O)CSc1ncc(-c2ccc(Cl)cc2)o1. The van der Waals surface area contributed by atoms with E-state index < -0.39 is 0 Å². The van der Waals surface area contributed by atoms with E-state index >= 15 is 0 Å². The highest BCUT2D eigenvalue weighted by atomic mass is 35.5. The molecule has 0 unspecified atom stereocenters. The van der Waals surface area contributed by atoms with Crippen LogP contribution in [-0.2, 0) is 4.79 Å². The summed E-state index contributed by atoms with van der Waals surface area (Å²) in [6.07, 6.45) is 1.65. The molecule has 0 radical (unpaired) electrons. The maximum absolute atomic E-state index is 11.7. The predicted molar refractivity (Wildman–Crippen MR) is 85.6 cm³/mol. The number of carbonyl (C=O) groups excluding carboxylic acids is 1. The zero-order valence-corrected chi connectivity index (χ0v) is 13.7. The molecule has 1 amide bonds. The van der Waals surface area contributed by atoms with Crippen LogP contribution in [0.4, 0.5) is 0 Å². The van der Waals surface area contributed by atoms with Crippen molar-refractivity contribution < 1.29 is 9.21 Å². The van der Waals surface area contributed by atoms with Crippen LogP contribution >= 0.6 is 23.4 Å². The van der Waals surface area contributed by atoms with Gasteiger partial charge in [-0.3, -0.25) is 4.79 Å². The molecule has 4 nitrogen and oxygen atoms in total. The van der Waals surface area contributed by atoms with E-state index in [0.29, 0.717) is 16.0 Å². The average molecular weight is 325 g/mol. The first-order valence-corrected chi connectivity index (χ1v) is 7.85. The van der Waals surface area contributed by atoms with Gasteiger partial charge in [-0.05, 0) is 45.0 Å². The molecule has 0 atom stereocenters. The molecule has 6 heteroatoms. The Labute approximate surface area is 133 Å². The smallest absolute Gasteiger partial charge is 0.256 e. The van der Waals surface area contributed by atoms with Gasteiger partial charge in [0.25, 0.3) is 5.22 Å². The molecule has 0 bridgehead atoms. The van der Waals surface area contributed by atoms with E-state index in [9.17, 15) is 4.79 Å². The van der Waals surface area contributed by atoms with Crippen molar-refractivity contribution >= 4 is 29.3 Å². The van der Waals surface area contributed by atoms with Crippen LogP contribution in [0, 0.1) is 0 Å². The Balaban J connectivity index is 1.94. The number of carbonyl (C=O) groups is 1. The van der Waals surface area contributed by atoms with Gasteiger partial charge >= 0.3 is 0 Å². The van der Waals surface area contributed by atoms with Crippen molar-refractivity contribution in [2.24, 2.45) is 0 Å². The Kier molecular flexibility index (Phi) is 4.96. The van der Waals surface area contributed by atoms with E-state index in [-0.39, 0.29) is 17.2 Å². The summed E-state index contributed by atoms with van der Waals surface area (Å²) in [6, 6.07) is 7.32. The normalized spacial score (nSPS) is 11.4. The van der Waals surface area contributed by atoms with E-state index in [4.69, 9.17) is 16.0 Å². The van der Waals surface area contributed by atoms with E-state index in [0.717, 1.165) is 5.56 Å². The number of nitrogens with zero attached hydrogens (tertiary/aromatic N) is 1. The van der Waals surface area contributed by atoms with Crippen LogP contribution in [0.2, 0.25) is 5.02 Å². The Morgan fingerprint density at radius 2 is 2.00 bits per heavy atom. The van der Waals surface area contributed by atoms with Gasteiger partial charge in [0.05, 0.1) is 11.9 Å². The summed E-state index contributed by atoms with van der Waals surface area (Å²) >= 11 is 7.12. The molecule has 0 spiro atoms. The highest BCUT2D eigenvalue weighted by Gasteiger charge is 2.15. The number of hydrogen-bond donors (Lipinski definition) is 1. The van der Waals surface area contributed by atoms with Crippen LogP contribution < -0.4 is 5.32 Å². The molecule has 1 aromatic heterocycles. The summed E-state index contributed by atoms with van der Waals surface area (Å²) in [4.78, 5) is 15.9. The summed E-state index contributed by atoms with van der Waals surface area (Å²) in [6.45, 7) is 5.83. The number of halogens is 1. The van der Waals surface area contributed by atoms with Gasteiger partial charge in [0.2, 0.25) is 5.91 Å². The molecule has 0 aliphatic rings. The van der Waals surface area contributed by atoms with Crippen molar-refractivity contribution in [3.05, 3.63) is 35.5 Å². The van der Waals surface area contributed by atoms with Gasteiger partial charge in [-0.1, -0.05) is 23.4 Å². The number of amides is 1. The van der Waals surface area contributed by atoms with Crippen LogP contribution in [-0.4, -0.2) is 22.2 Å². The monoisotopic (exact) mass is 324 g/mol. The summed E-state index contributed by atoms with van der Waals surface area (Å²) in [5.74, 6) is 0.891. The maximum atomic E-state index is 11.7. The van der Waals surface area contributed by atoms with Crippen LogP contribution in [0.1, 0.15) is 20.8 Å². The fraction of sp³-hybridized carbons (Fsp3) is 0.333. The third-order valence-electron chi connectivity index (χ3n) is 2.45. The molecule has 1 heterocycles. The molecule has 0 aliphatic heterocycles. The third-order valence-corrected chi connectivity index (χ3v) is 3.55. The number of benzene rings is 1. The Morgan fingerprint density at radius 3 is 2.62 bits per heavy atom. The van der Waals surface area contributed by atoms with Crippen LogP contribution in [0.3, 0.4) is 0 Å². The van der Waals surface area contributed by atoms with E-state index in [1.165, 1.54) is 11.8 Å². The lowest BCUT2D eigenvalue weighted by Gasteiger charge is -2.19. The standard InChI is InChI=1S/C15H17ClN2O2S/c1-15(2,3)18-13(19)9-21-14-17-8-12(20-14)10-4-6-11(16)7-5-10/h4-8H,9H2,1-3H3,(H,18,19).